The van der Waals surface area contributed by atoms with Crippen molar-refractivity contribution in [1.82, 2.24) is 5.32 Å². The van der Waals surface area contributed by atoms with Crippen molar-refractivity contribution in [3.05, 3.63) is 35.1 Å². The fourth-order valence-electron chi connectivity index (χ4n) is 1.96. The number of hydrogen-bond donors (Lipinski definition) is 1. The van der Waals surface area contributed by atoms with Gasteiger partial charge in [-0.15, -0.1) is 0 Å². The number of carbonyl (C=O) groups excluding carboxylic acids is 1. The Morgan fingerprint density at radius 1 is 1.37 bits per heavy atom. The predicted octanol–water partition coefficient (Wildman–Crippen LogP) is 2.28. The maximum atomic E-state index is 13.8. The molecule has 3 nitrogen and oxygen atoms in total. The summed E-state index contributed by atoms with van der Waals surface area (Å²) in [5.74, 6) is -1.11. The second-order valence-corrected chi connectivity index (χ2v) is 4.29. The third kappa shape index (κ3) is 2.86. The Kier molecular flexibility index (Phi) is 3.75. The summed E-state index contributed by atoms with van der Waals surface area (Å²) in [5, 5.41) is 2.42. The summed E-state index contributed by atoms with van der Waals surface area (Å²) < 4.78 is 56.0. The number of amides is 1. The van der Waals surface area contributed by atoms with Crippen molar-refractivity contribution in [2.75, 3.05) is 13.2 Å². The molecule has 1 saturated heterocycles. The summed E-state index contributed by atoms with van der Waals surface area (Å²) in [6.07, 6.45) is -4.19. The highest BCUT2D eigenvalue weighted by Gasteiger charge is 2.34. The summed E-state index contributed by atoms with van der Waals surface area (Å²) in [7, 11) is 0. The maximum absolute atomic E-state index is 13.8. The molecule has 1 aliphatic heterocycles. The smallest absolute Gasteiger partial charge is 0.381 e. The molecule has 2 rings (SSSR count). The molecule has 1 heterocycles. The molecule has 7 heteroatoms. The van der Waals surface area contributed by atoms with Crippen LogP contribution < -0.4 is 5.32 Å². The SMILES string of the molecule is O=CNC(c1ccc(C(F)(F)F)cc1F)C1COC1. The number of rotatable bonds is 4. The van der Waals surface area contributed by atoms with Crippen LogP contribution in [0.3, 0.4) is 0 Å². The Labute approximate surface area is 106 Å². The fraction of sp³-hybridized carbons (Fsp3) is 0.417. The first-order valence-electron chi connectivity index (χ1n) is 5.57. The second-order valence-electron chi connectivity index (χ2n) is 4.29. The Bertz CT molecular complexity index is 471. The average Bonchev–Trinajstić information content (AvgIpc) is 2.24. The van der Waals surface area contributed by atoms with Crippen LogP contribution in [0.5, 0.6) is 0 Å². The van der Waals surface area contributed by atoms with Gasteiger partial charge in [0.1, 0.15) is 5.82 Å². The van der Waals surface area contributed by atoms with Gasteiger partial charge >= 0.3 is 6.18 Å². The molecule has 19 heavy (non-hydrogen) atoms. The van der Waals surface area contributed by atoms with E-state index in [1.807, 2.05) is 0 Å². The molecule has 1 N–H and O–H groups in total. The largest absolute Gasteiger partial charge is 0.416 e. The number of nitrogens with one attached hydrogen (secondary N) is 1. The highest BCUT2D eigenvalue weighted by molar-refractivity contribution is 5.48. The van der Waals surface area contributed by atoms with Gasteiger partial charge in [-0.25, -0.2) is 4.39 Å². The van der Waals surface area contributed by atoms with Crippen LogP contribution in [0.2, 0.25) is 0 Å². The van der Waals surface area contributed by atoms with Gasteiger partial charge in [0.2, 0.25) is 6.41 Å². The lowest BCUT2D eigenvalue weighted by Crippen LogP contribution is -2.40. The Morgan fingerprint density at radius 2 is 2.05 bits per heavy atom. The normalized spacial score (nSPS) is 17.7. The number of halogens is 4. The van der Waals surface area contributed by atoms with Crippen molar-refractivity contribution >= 4 is 6.41 Å². The summed E-state index contributed by atoms with van der Waals surface area (Å²) in [6, 6.07) is 1.62. The van der Waals surface area contributed by atoms with Crippen molar-refractivity contribution in [2.24, 2.45) is 5.92 Å². The minimum absolute atomic E-state index is 0.0356. The topological polar surface area (TPSA) is 38.3 Å². The standard InChI is InChI=1S/C12H11F4NO2/c13-10-3-8(12(14,15)16)1-2-9(10)11(17-6-18)7-4-19-5-7/h1-3,6-7,11H,4-5H2,(H,17,18). The van der Waals surface area contributed by atoms with Gasteiger partial charge in [0.15, 0.2) is 0 Å². The zero-order valence-electron chi connectivity index (χ0n) is 9.71. The number of ether oxygens (including phenoxy) is 1. The van der Waals surface area contributed by atoms with E-state index in [1.54, 1.807) is 0 Å². The number of hydrogen-bond acceptors (Lipinski definition) is 2. The first-order chi connectivity index (χ1) is 8.93. The van der Waals surface area contributed by atoms with Crippen molar-refractivity contribution < 1.29 is 27.1 Å². The van der Waals surface area contributed by atoms with Gasteiger partial charge in [0.05, 0.1) is 24.8 Å². The Morgan fingerprint density at radius 3 is 2.47 bits per heavy atom. The quantitative estimate of drug-likeness (QED) is 0.677. The fourth-order valence-corrected chi connectivity index (χ4v) is 1.96. The molecule has 1 aromatic carbocycles. The molecule has 1 unspecified atom stereocenters. The van der Waals surface area contributed by atoms with Crippen LogP contribution in [-0.4, -0.2) is 19.6 Å². The highest BCUT2D eigenvalue weighted by atomic mass is 19.4. The van der Waals surface area contributed by atoms with Crippen LogP contribution in [0.1, 0.15) is 17.2 Å². The van der Waals surface area contributed by atoms with Crippen molar-refractivity contribution in [2.45, 2.75) is 12.2 Å². The average molecular weight is 277 g/mol. The monoisotopic (exact) mass is 277 g/mol. The molecular weight excluding hydrogens is 266 g/mol. The molecule has 1 amide bonds. The van der Waals surface area contributed by atoms with Crippen LogP contribution in [0.4, 0.5) is 17.6 Å². The summed E-state index contributed by atoms with van der Waals surface area (Å²) >= 11 is 0. The van der Waals surface area contributed by atoms with Gasteiger partial charge < -0.3 is 10.1 Å². The Balaban J connectivity index is 2.30. The first-order valence-corrected chi connectivity index (χ1v) is 5.57. The van der Waals surface area contributed by atoms with Crippen LogP contribution in [-0.2, 0) is 15.7 Å². The van der Waals surface area contributed by atoms with Gasteiger partial charge in [0.25, 0.3) is 0 Å². The molecule has 1 atom stereocenters. The van der Waals surface area contributed by atoms with Gasteiger partial charge in [-0.1, -0.05) is 6.07 Å². The number of carbonyl (C=O) groups is 1. The van der Waals surface area contributed by atoms with E-state index in [2.05, 4.69) is 5.32 Å². The predicted molar refractivity (Wildman–Crippen MR) is 57.7 cm³/mol. The van der Waals surface area contributed by atoms with Gasteiger partial charge in [-0.3, -0.25) is 4.79 Å². The van der Waals surface area contributed by atoms with Crippen LogP contribution in [0.25, 0.3) is 0 Å². The van der Waals surface area contributed by atoms with E-state index in [1.165, 1.54) is 0 Å². The van der Waals surface area contributed by atoms with Gasteiger partial charge in [-0.05, 0) is 12.1 Å². The first kappa shape index (κ1) is 13.8. The second kappa shape index (κ2) is 5.16. The van der Waals surface area contributed by atoms with E-state index in [-0.39, 0.29) is 11.5 Å². The van der Waals surface area contributed by atoms with Crippen LogP contribution >= 0.6 is 0 Å². The van der Waals surface area contributed by atoms with E-state index in [4.69, 9.17) is 4.74 Å². The molecule has 0 radical (unpaired) electrons. The van der Waals surface area contributed by atoms with E-state index in [9.17, 15) is 22.4 Å². The van der Waals surface area contributed by atoms with E-state index >= 15 is 0 Å². The van der Waals surface area contributed by atoms with Gasteiger partial charge in [0, 0.05) is 11.5 Å². The van der Waals surface area contributed by atoms with Crippen molar-refractivity contribution in [1.29, 1.82) is 0 Å². The highest BCUT2D eigenvalue weighted by Crippen LogP contribution is 2.34. The minimum atomic E-state index is -4.59. The molecule has 0 aliphatic carbocycles. The lowest BCUT2D eigenvalue weighted by Gasteiger charge is -2.33. The van der Waals surface area contributed by atoms with Crippen LogP contribution in [0, 0.1) is 11.7 Å². The number of alkyl halides is 3. The molecule has 0 saturated carbocycles. The summed E-state index contributed by atoms with van der Waals surface area (Å²) in [6.45, 7) is 0.679. The molecular formula is C12H11F4NO2. The third-order valence-electron chi connectivity index (χ3n) is 3.05. The molecule has 0 spiro atoms. The van der Waals surface area contributed by atoms with Crippen LogP contribution in [0.15, 0.2) is 18.2 Å². The lowest BCUT2D eigenvalue weighted by atomic mass is 9.90. The number of benzene rings is 1. The molecule has 0 bridgehead atoms. The lowest BCUT2D eigenvalue weighted by molar-refractivity contribution is -0.137. The van der Waals surface area contributed by atoms with Crippen molar-refractivity contribution in [3.63, 3.8) is 0 Å². The zero-order valence-corrected chi connectivity index (χ0v) is 9.71. The summed E-state index contributed by atoms with van der Waals surface area (Å²) in [4.78, 5) is 10.5. The van der Waals surface area contributed by atoms with E-state index in [0.717, 1.165) is 12.1 Å². The maximum Gasteiger partial charge on any atom is 0.416 e. The van der Waals surface area contributed by atoms with Gasteiger partial charge in [-0.2, -0.15) is 13.2 Å². The molecule has 1 fully saturated rings. The third-order valence-corrected chi connectivity index (χ3v) is 3.05. The molecule has 0 aromatic heterocycles. The summed E-state index contributed by atoms with van der Waals surface area (Å²) in [5.41, 5.74) is -1.02. The zero-order chi connectivity index (χ0) is 14.0. The molecule has 1 aliphatic rings. The Hall–Kier alpha value is -1.63. The van der Waals surface area contributed by atoms with Crippen molar-refractivity contribution in [3.8, 4) is 0 Å². The van der Waals surface area contributed by atoms with E-state index in [0.29, 0.717) is 25.7 Å². The van der Waals surface area contributed by atoms with E-state index < -0.39 is 23.6 Å². The molecule has 104 valence electrons. The molecule has 1 aromatic rings. The minimum Gasteiger partial charge on any atom is -0.381 e.